The molecule has 0 heterocycles. The van der Waals surface area contributed by atoms with Crippen molar-refractivity contribution in [2.75, 3.05) is 24.2 Å². The van der Waals surface area contributed by atoms with Crippen LogP contribution in [0.4, 0.5) is 10.1 Å². The number of anilines is 1. The summed E-state index contributed by atoms with van der Waals surface area (Å²) in [6.45, 7) is 2.23. The van der Waals surface area contributed by atoms with E-state index in [-0.39, 0.29) is 12.5 Å². The van der Waals surface area contributed by atoms with Gasteiger partial charge in [0.05, 0.1) is 25.6 Å². The summed E-state index contributed by atoms with van der Waals surface area (Å²) in [5, 5.41) is 2.69. The zero-order valence-corrected chi connectivity index (χ0v) is 15.6. The van der Waals surface area contributed by atoms with Crippen molar-refractivity contribution in [2.24, 2.45) is 0 Å². The Morgan fingerprint density at radius 3 is 2.38 bits per heavy atom. The molecular formula is C18H21FN2O4S. The van der Waals surface area contributed by atoms with Crippen molar-refractivity contribution in [3.05, 3.63) is 59.4 Å². The number of hydrogen-bond donors (Lipinski definition) is 1. The number of carbonyl (C=O) groups is 1. The first-order valence-corrected chi connectivity index (χ1v) is 9.79. The van der Waals surface area contributed by atoms with Crippen molar-refractivity contribution in [2.45, 2.75) is 13.5 Å². The molecule has 1 amide bonds. The number of hydrogen-bond acceptors (Lipinski definition) is 4. The standard InChI is InChI=1S/C18H21FN2O4S/c1-4-20-18(22)13-5-10-17(25-2)14(11-13)12-21(26(3,23)24)16-8-6-15(19)7-9-16/h5-11H,4,12H2,1-3H3,(H,20,22). The fraction of sp³-hybridized carbons (Fsp3) is 0.278. The largest absolute Gasteiger partial charge is 0.496 e. The fourth-order valence-electron chi connectivity index (χ4n) is 2.47. The van der Waals surface area contributed by atoms with Crippen molar-refractivity contribution >= 4 is 21.6 Å². The maximum Gasteiger partial charge on any atom is 0.251 e. The Bertz CT molecular complexity index is 883. The number of halogens is 1. The van der Waals surface area contributed by atoms with Crippen molar-refractivity contribution < 1.29 is 22.3 Å². The summed E-state index contributed by atoms with van der Waals surface area (Å²) in [6.07, 6.45) is 1.07. The molecule has 6 nitrogen and oxygen atoms in total. The molecule has 0 saturated carbocycles. The monoisotopic (exact) mass is 380 g/mol. The number of rotatable bonds is 7. The molecule has 0 aromatic heterocycles. The molecule has 8 heteroatoms. The molecule has 0 aliphatic heterocycles. The minimum atomic E-state index is -3.64. The third-order valence-corrected chi connectivity index (χ3v) is 4.85. The molecule has 2 aromatic rings. The maximum atomic E-state index is 13.2. The molecule has 0 radical (unpaired) electrons. The first-order valence-electron chi connectivity index (χ1n) is 7.94. The second-order valence-electron chi connectivity index (χ2n) is 5.63. The third kappa shape index (κ3) is 4.72. The Labute approximate surface area is 152 Å². The van der Waals surface area contributed by atoms with Gasteiger partial charge in [-0.1, -0.05) is 0 Å². The maximum absolute atomic E-state index is 13.2. The molecule has 0 saturated heterocycles. The van der Waals surface area contributed by atoms with Crippen LogP contribution in [0.25, 0.3) is 0 Å². The molecule has 0 aliphatic rings. The summed E-state index contributed by atoms with van der Waals surface area (Å²) in [7, 11) is -2.18. The minimum Gasteiger partial charge on any atom is -0.496 e. The lowest BCUT2D eigenvalue weighted by Crippen LogP contribution is -2.30. The number of methoxy groups -OCH3 is 1. The van der Waals surface area contributed by atoms with E-state index in [4.69, 9.17) is 4.74 Å². The summed E-state index contributed by atoms with van der Waals surface area (Å²) < 4.78 is 44.1. The van der Waals surface area contributed by atoms with Gasteiger partial charge in [-0.15, -0.1) is 0 Å². The van der Waals surface area contributed by atoms with Crippen molar-refractivity contribution in [1.29, 1.82) is 0 Å². The number of nitrogens with one attached hydrogen (secondary N) is 1. The van der Waals surface area contributed by atoms with Crippen molar-refractivity contribution in [1.82, 2.24) is 5.32 Å². The SMILES string of the molecule is CCNC(=O)c1ccc(OC)c(CN(c2ccc(F)cc2)S(C)(=O)=O)c1. The van der Waals surface area contributed by atoms with Gasteiger partial charge in [0.15, 0.2) is 0 Å². The van der Waals surface area contributed by atoms with Gasteiger partial charge in [0.1, 0.15) is 11.6 Å². The topological polar surface area (TPSA) is 75.7 Å². The lowest BCUT2D eigenvalue weighted by atomic mass is 10.1. The summed E-state index contributed by atoms with van der Waals surface area (Å²) in [6, 6.07) is 9.96. The molecular weight excluding hydrogens is 359 g/mol. The zero-order valence-electron chi connectivity index (χ0n) is 14.8. The molecule has 2 aromatic carbocycles. The van der Waals surface area contributed by atoms with Crippen LogP contribution in [0.3, 0.4) is 0 Å². The number of sulfonamides is 1. The summed E-state index contributed by atoms with van der Waals surface area (Å²) in [5.41, 5.74) is 1.24. The quantitative estimate of drug-likeness (QED) is 0.801. The molecule has 2 rings (SSSR count). The van der Waals surface area contributed by atoms with E-state index in [1.165, 1.54) is 31.4 Å². The highest BCUT2D eigenvalue weighted by Gasteiger charge is 2.21. The highest BCUT2D eigenvalue weighted by atomic mass is 32.2. The average Bonchev–Trinajstić information content (AvgIpc) is 2.59. The van der Waals surface area contributed by atoms with E-state index >= 15 is 0 Å². The van der Waals surface area contributed by atoms with Crippen molar-refractivity contribution in [3.8, 4) is 5.75 Å². The van der Waals surface area contributed by atoms with Crippen LogP contribution in [0.5, 0.6) is 5.75 Å². The van der Waals surface area contributed by atoms with Crippen LogP contribution >= 0.6 is 0 Å². The predicted molar refractivity (Wildman–Crippen MR) is 98.4 cm³/mol. The summed E-state index contributed by atoms with van der Waals surface area (Å²) in [4.78, 5) is 12.1. The minimum absolute atomic E-state index is 0.0547. The number of nitrogens with zero attached hydrogens (tertiary/aromatic N) is 1. The number of benzene rings is 2. The van der Waals surface area contributed by atoms with Gasteiger partial charge in [-0.25, -0.2) is 12.8 Å². The van der Waals surface area contributed by atoms with Crippen LogP contribution in [0.2, 0.25) is 0 Å². The van der Waals surface area contributed by atoms with Crippen LogP contribution in [0, 0.1) is 5.82 Å². The van der Waals surface area contributed by atoms with Gasteiger partial charge in [0.2, 0.25) is 10.0 Å². The third-order valence-electron chi connectivity index (χ3n) is 3.71. The predicted octanol–water partition coefficient (Wildman–Crippen LogP) is 2.55. The number of amides is 1. The lowest BCUT2D eigenvalue weighted by molar-refractivity contribution is 0.0955. The van der Waals surface area contributed by atoms with Gasteiger partial charge in [-0.05, 0) is 49.4 Å². The van der Waals surface area contributed by atoms with E-state index in [0.29, 0.717) is 29.1 Å². The zero-order chi connectivity index (χ0) is 19.3. The van der Waals surface area contributed by atoms with E-state index in [1.807, 2.05) is 6.92 Å². The number of carbonyl (C=O) groups excluding carboxylic acids is 1. The second-order valence-corrected chi connectivity index (χ2v) is 7.54. The van der Waals surface area contributed by atoms with Gasteiger partial charge in [0, 0.05) is 17.7 Å². The van der Waals surface area contributed by atoms with E-state index in [2.05, 4.69) is 5.32 Å². The molecule has 0 fully saturated rings. The van der Waals surface area contributed by atoms with Gasteiger partial charge in [-0.2, -0.15) is 0 Å². The van der Waals surface area contributed by atoms with Crippen LogP contribution in [0.1, 0.15) is 22.8 Å². The molecule has 26 heavy (non-hydrogen) atoms. The smallest absolute Gasteiger partial charge is 0.251 e. The Morgan fingerprint density at radius 2 is 1.85 bits per heavy atom. The van der Waals surface area contributed by atoms with Crippen LogP contribution in [0.15, 0.2) is 42.5 Å². The Morgan fingerprint density at radius 1 is 1.19 bits per heavy atom. The Balaban J connectivity index is 2.45. The molecule has 0 atom stereocenters. The first kappa shape index (κ1) is 19.7. The van der Waals surface area contributed by atoms with Gasteiger partial charge >= 0.3 is 0 Å². The van der Waals surface area contributed by atoms with E-state index in [1.54, 1.807) is 18.2 Å². The Kier molecular flexibility index (Phi) is 6.20. The first-order chi connectivity index (χ1) is 12.3. The highest BCUT2D eigenvalue weighted by molar-refractivity contribution is 7.92. The molecule has 0 aliphatic carbocycles. The summed E-state index contributed by atoms with van der Waals surface area (Å²) in [5.74, 6) is -0.268. The molecule has 0 spiro atoms. The second kappa shape index (κ2) is 8.18. The van der Waals surface area contributed by atoms with Crippen LogP contribution in [-0.2, 0) is 16.6 Å². The summed E-state index contributed by atoms with van der Waals surface area (Å²) >= 11 is 0. The molecule has 0 bridgehead atoms. The van der Waals surface area contributed by atoms with Gasteiger partial charge in [-0.3, -0.25) is 9.10 Å². The number of ether oxygens (including phenoxy) is 1. The molecule has 1 N–H and O–H groups in total. The van der Waals surface area contributed by atoms with Crippen molar-refractivity contribution in [3.63, 3.8) is 0 Å². The highest BCUT2D eigenvalue weighted by Crippen LogP contribution is 2.26. The van der Waals surface area contributed by atoms with Gasteiger partial charge < -0.3 is 10.1 Å². The lowest BCUT2D eigenvalue weighted by Gasteiger charge is -2.23. The normalized spacial score (nSPS) is 11.1. The van der Waals surface area contributed by atoms with E-state index in [9.17, 15) is 17.6 Å². The van der Waals surface area contributed by atoms with Crippen LogP contribution < -0.4 is 14.4 Å². The average molecular weight is 380 g/mol. The Hall–Kier alpha value is -2.61. The van der Waals surface area contributed by atoms with E-state index in [0.717, 1.165) is 10.6 Å². The van der Waals surface area contributed by atoms with Gasteiger partial charge in [0.25, 0.3) is 5.91 Å². The van der Waals surface area contributed by atoms with E-state index < -0.39 is 15.8 Å². The fourth-order valence-corrected chi connectivity index (χ4v) is 3.35. The van der Waals surface area contributed by atoms with Crippen LogP contribution in [-0.4, -0.2) is 34.2 Å². The molecule has 140 valence electrons. The molecule has 0 unspecified atom stereocenters.